The first-order chi connectivity index (χ1) is 17.2. The molecule has 2 N–H and O–H groups in total. The molecule has 1 atom stereocenters. The zero-order chi connectivity index (χ0) is 25.5. The van der Waals surface area contributed by atoms with E-state index in [-0.39, 0.29) is 11.1 Å². The lowest BCUT2D eigenvalue weighted by atomic mass is 9.88. The fourth-order valence-electron chi connectivity index (χ4n) is 4.87. The Hall–Kier alpha value is -3.91. The van der Waals surface area contributed by atoms with Crippen LogP contribution >= 0.6 is 0 Å². The summed E-state index contributed by atoms with van der Waals surface area (Å²) in [6.45, 7) is 0.315. The lowest BCUT2D eigenvalue weighted by Crippen LogP contribution is -2.42. The highest BCUT2D eigenvalue weighted by atomic mass is 19.4. The lowest BCUT2D eigenvalue weighted by molar-refractivity contribution is -0.137. The molecule has 4 aromatic rings. The predicted molar refractivity (Wildman–Crippen MR) is 130 cm³/mol. The summed E-state index contributed by atoms with van der Waals surface area (Å²) in [7, 11) is 0. The number of rotatable bonds is 7. The molecule has 2 heterocycles. The number of ketones is 1. The van der Waals surface area contributed by atoms with E-state index in [1.807, 2.05) is 30.5 Å². The van der Waals surface area contributed by atoms with Gasteiger partial charge in [-0.3, -0.25) is 9.59 Å². The van der Waals surface area contributed by atoms with Crippen LogP contribution in [0, 0.1) is 0 Å². The number of amides is 1. The van der Waals surface area contributed by atoms with Crippen LogP contribution in [-0.4, -0.2) is 28.3 Å². The minimum absolute atomic E-state index is 0.207. The van der Waals surface area contributed by atoms with Crippen molar-refractivity contribution in [1.82, 2.24) is 4.98 Å². The second-order valence-electron chi connectivity index (χ2n) is 8.98. The topological polar surface area (TPSA) is 73.4 Å². The Bertz CT molecular complexity index is 1460. The van der Waals surface area contributed by atoms with E-state index in [0.29, 0.717) is 25.1 Å². The number of benzene rings is 3. The summed E-state index contributed by atoms with van der Waals surface area (Å²) in [6, 6.07) is 18.6. The van der Waals surface area contributed by atoms with Gasteiger partial charge in [-0.2, -0.15) is 13.2 Å². The molecule has 0 saturated heterocycles. The number of alkyl halides is 3. The van der Waals surface area contributed by atoms with Crippen LogP contribution in [0.2, 0.25) is 0 Å². The molecule has 184 valence electrons. The second kappa shape index (κ2) is 8.95. The molecule has 0 radical (unpaired) electrons. The Balaban J connectivity index is 1.36. The van der Waals surface area contributed by atoms with Gasteiger partial charge in [-0.05, 0) is 42.7 Å². The zero-order valence-electron chi connectivity index (χ0n) is 19.2. The number of aromatic amines is 1. The van der Waals surface area contributed by atoms with E-state index in [4.69, 9.17) is 0 Å². The summed E-state index contributed by atoms with van der Waals surface area (Å²) in [5, 5.41) is 12.5. The molecule has 1 aliphatic rings. The Labute approximate surface area is 205 Å². The van der Waals surface area contributed by atoms with Gasteiger partial charge in [0, 0.05) is 34.8 Å². The van der Waals surface area contributed by atoms with Gasteiger partial charge >= 0.3 is 6.18 Å². The summed E-state index contributed by atoms with van der Waals surface area (Å²) >= 11 is 0. The van der Waals surface area contributed by atoms with Crippen LogP contribution < -0.4 is 4.90 Å². The molecule has 0 fully saturated rings. The molecule has 1 unspecified atom stereocenters. The number of aryl methyl sites for hydroxylation is 1. The summed E-state index contributed by atoms with van der Waals surface area (Å²) in [5.41, 5.74) is -0.400. The first-order valence-electron chi connectivity index (χ1n) is 11.6. The molecular weight excluding hydrogens is 469 g/mol. The van der Waals surface area contributed by atoms with Crippen molar-refractivity contribution in [2.75, 3.05) is 11.4 Å². The van der Waals surface area contributed by atoms with Crippen molar-refractivity contribution in [1.29, 1.82) is 0 Å². The Morgan fingerprint density at radius 2 is 1.75 bits per heavy atom. The van der Waals surface area contributed by atoms with Gasteiger partial charge in [0.1, 0.15) is 0 Å². The van der Waals surface area contributed by atoms with E-state index >= 15 is 0 Å². The predicted octanol–water partition coefficient (Wildman–Crippen LogP) is 5.63. The first-order valence-corrected chi connectivity index (χ1v) is 11.6. The van der Waals surface area contributed by atoms with Gasteiger partial charge < -0.3 is 15.0 Å². The number of anilines is 1. The molecule has 0 aliphatic carbocycles. The number of aliphatic hydroxyl groups is 1. The van der Waals surface area contributed by atoms with Crippen LogP contribution in [-0.2, 0) is 23.0 Å². The van der Waals surface area contributed by atoms with Crippen LogP contribution in [0.3, 0.4) is 0 Å². The molecule has 5 nitrogen and oxygen atoms in total. The molecule has 1 aliphatic heterocycles. The number of halogens is 3. The van der Waals surface area contributed by atoms with Gasteiger partial charge in [0.2, 0.25) is 0 Å². The van der Waals surface area contributed by atoms with E-state index in [2.05, 4.69) is 4.98 Å². The molecule has 36 heavy (non-hydrogen) atoms. The number of hydrogen-bond donors (Lipinski definition) is 2. The third-order valence-corrected chi connectivity index (χ3v) is 6.67. The maximum absolute atomic E-state index is 13.4. The van der Waals surface area contributed by atoms with Gasteiger partial charge in [0.15, 0.2) is 11.4 Å². The largest absolute Gasteiger partial charge is 0.416 e. The van der Waals surface area contributed by atoms with Crippen LogP contribution in [0.25, 0.3) is 10.9 Å². The SMILES string of the molecule is O=C(CC1(O)C(=O)N(CCCc2c[nH]c3ccccc23)c2ccccc21)c1cccc(C(F)(F)F)c1. The normalized spacial score (nSPS) is 17.6. The fourth-order valence-corrected chi connectivity index (χ4v) is 4.87. The van der Waals surface area contributed by atoms with Crippen molar-refractivity contribution < 1.29 is 27.9 Å². The molecule has 3 aromatic carbocycles. The first kappa shape index (κ1) is 23.8. The Morgan fingerprint density at radius 3 is 2.56 bits per heavy atom. The van der Waals surface area contributed by atoms with Crippen molar-refractivity contribution >= 4 is 28.3 Å². The summed E-state index contributed by atoms with van der Waals surface area (Å²) in [6.07, 6.45) is -2.01. The van der Waals surface area contributed by atoms with E-state index in [0.717, 1.165) is 34.7 Å². The number of carbonyl (C=O) groups is 2. The van der Waals surface area contributed by atoms with Crippen LogP contribution in [0.15, 0.2) is 79.0 Å². The van der Waals surface area contributed by atoms with Crippen molar-refractivity contribution in [3.05, 3.63) is 101 Å². The third-order valence-electron chi connectivity index (χ3n) is 6.67. The second-order valence-corrected chi connectivity index (χ2v) is 8.98. The summed E-state index contributed by atoms with van der Waals surface area (Å²) in [4.78, 5) is 31.0. The molecule has 8 heteroatoms. The van der Waals surface area contributed by atoms with Gasteiger partial charge in [-0.1, -0.05) is 48.5 Å². The minimum Gasteiger partial charge on any atom is -0.375 e. The van der Waals surface area contributed by atoms with Gasteiger partial charge in [0.05, 0.1) is 17.7 Å². The van der Waals surface area contributed by atoms with E-state index < -0.39 is 35.5 Å². The maximum Gasteiger partial charge on any atom is 0.416 e. The van der Waals surface area contributed by atoms with Crippen molar-refractivity contribution in [3.63, 3.8) is 0 Å². The lowest BCUT2D eigenvalue weighted by Gasteiger charge is -2.23. The highest BCUT2D eigenvalue weighted by Crippen LogP contribution is 2.43. The molecule has 1 aromatic heterocycles. The van der Waals surface area contributed by atoms with Crippen molar-refractivity contribution in [3.8, 4) is 0 Å². The number of nitrogens with zero attached hydrogens (tertiary/aromatic N) is 1. The number of hydrogen-bond acceptors (Lipinski definition) is 3. The monoisotopic (exact) mass is 492 g/mol. The number of aromatic nitrogens is 1. The number of nitrogens with one attached hydrogen (secondary N) is 1. The average molecular weight is 492 g/mol. The molecule has 0 saturated carbocycles. The number of carbonyl (C=O) groups excluding carboxylic acids is 2. The van der Waals surface area contributed by atoms with Crippen LogP contribution in [0.5, 0.6) is 0 Å². The molecule has 1 amide bonds. The van der Waals surface area contributed by atoms with E-state index in [1.54, 1.807) is 24.3 Å². The zero-order valence-corrected chi connectivity index (χ0v) is 19.2. The minimum atomic E-state index is -4.61. The van der Waals surface area contributed by atoms with Gasteiger partial charge in [-0.25, -0.2) is 0 Å². The third kappa shape index (κ3) is 4.18. The van der Waals surface area contributed by atoms with Crippen LogP contribution in [0.4, 0.5) is 18.9 Å². The van der Waals surface area contributed by atoms with Crippen LogP contribution in [0.1, 0.15) is 39.9 Å². The highest BCUT2D eigenvalue weighted by molar-refractivity contribution is 6.10. The van der Waals surface area contributed by atoms with Gasteiger partial charge in [0.25, 0.3) is 5.91 Å². The van der Waals surface area contributed by atoms with Crippen molar-refractivity contribution in [2.24, 2.45) is 0 Å². The average Bonchev–Trinajstić information content (AvgIpc) is 3.37. The summed E-state index contributed by atoms with van der Waals surface area (Å²) in [5.74, 6) is -1.39. The molecule has 0 bridgehead atoms. The van der Waals surface area contributed by atoms with Gasteiger partial charge in [-0.15, -0.1) is 0 Å². The van der Waals surface area contributed by atoms with E-state index in [9.17, 15) is 27.9 Å². The molecule has 5 rings (SSSR count). The quantitative estimate of drug-likeness (QED) is 0.329. The smallest absolute Gasteiger partial charge is 0.375 e. The molecule has 0 spiro atoms. The molecular formula is C28H23F3N2O3. The van der Waals surface area contributed by atoms with Crippen molar-refractivity contribution in [2.45, 2.75) is 31.0 Å². The number of H-pyrrole nitrogens is 1. The fraction of sp³-hybridized carbons (Fsp3) is 0.214. The maximum atomic E-state index is 13.4. The number of Topliss-reactive ketones (excluding diaryl/α,β-unsaturated/α-hetero) is 1. The Morgan fingerprint density at radius 1 is 1.00 bits per heavy atom. The summed E-state index contributed by atoms with van der Waals surface area (Å²) < 4.78 is 39.3. The standard InChI is InChI=1S/C28H23F3N2O3/c29-28(30,31)20-9-5-7-18(15-20)25(34)16-27(36)22-11-2-4-13-24(22)33(26(27)35)14-6-8-19-17-32-23-12-3-1-10-21(19)23/h1-5,7,9-13,15,17,32,36H,6,8,14,16H2. The number of fused-ring (bicyclic) bond motifs is 2. The van der Waals surface area contributed by atoms with E-state index in [1.165, 1.54) is 11.0 Å². The Kier molecular flexibility index (Phi) is 5.92. The number of para-hydroxylation sites is 2. The highest BCUT2D eigenvalue weighted by Gasteiger charge is 2.50.